The Morgan fingerprint density at radius 2 is 2.46 bits per heavy atom. The second kappa shape index (κ2) is 3.77. The van der Waals surface area contributed by atoms with Crippen LogP contribution in [-0.4, -0.2) is 17.0 Å². The van der Waals surface area contributed by atoms with E-state index in [9.17, 15) is 0 Å². The van der Waals surface area contributed by atoms with Crippen LogP contribution in [0.15, 0.2) is 0 Å². The van der Waals surface area contributed by atoms with E-state index in [1.807, 2.05) is 18.8 Å². The Balaban J connectivity index is 2.49. The molecule has 0 saturated heterocycles. The second-order valence-corrected chi connectivity index (χ2v) is 4.34. The summed E-state index contributed by atoms with van der Waals surface area (Å²) >= 11 is 6.96. The molecule has 0 aromatic carbocycles. The third-order valence-corrected chi connectivity index (χ3v) is 3.22. The van der Waals surface area contributed by atoms with Crippen LogP contribution in [0.25, 0.3) is 0 Å². The summed E-state index contributed by atoms with van der Waals surface area (Å²) in [6, 6.07) is 0. The molecule has 1 aliphatic rings. The molecule has 0 radical (unpaired) electrons. The van der Waals surface area contributed by atoms with Gasteiger partial charge in [-0.15, -0.1) is 0 Å². The summed E-state index contributed by atoms with van der Waals surface area (Å²) in [6.07, 6.45) is 0. The minimum Gasteiger partial charge on any atom is -0.333 e. The lowest BCUT2D eigenvalue weighted by Crippen LogP contribution is -2.11. The van der Waals surface area contributed by atoms with Crippen molar-refractivity contribution < 1.29 is 0 Å². The van der Waals surface area contributed by atoms with Crippen molar-refractivity contribution in [2.75, 3.05) is 7.05 Å². The minimum atomic E-state index is 0.603. The zero-order chi connectivity index (χ0) is 9.26. The van der Waals surface area contributed by atoms with Crippen LogP contribution in [0, 0.1) is 4.77 Å². The van der Waals surface area contributed by atoms with Gasteiger partial charge in [-0.25, -0.2) is 4.98 Å². The van der Waals surface area contributed by atoms with Crippen LogP contribution in [0.4, 0.5) is 0 Å². The highest BCUT2D eigenvalue weighted by Gasteiger charge is 2.16. The number of aromatic amines is 1. The van der Waals surface area contributed by atoms with Crippen molar-refractivity contribution >= 4 is 24.0 Å². The number of nitrogens with one attached hydrogen (secondary N) is 2. The van der Waals surface area contributed by atoms with Gasteiger partial charge in [0.2, 0.25) is 0 Å². The Labute approximate surface area is 86.4 Å². The minimum absolute atomic E-state index is 0.603. The van der Waals surface area contributed by atoms with Crippen molar-refractivity contribution in [1.29, 1.82) is 0 Å². The van der Waals surface area contributed by atoms with Gasteiger partial charge in [0.15, 0.2) is 4.77 Å². The summed E-state index contributed by atoms with van der Waals surface area (Å²) < 4.78 is 0.603. The summed E-state index contributed by atoms with van der Waals surface area (Å²) in [5, 5.41) is 3.11. The van der Waals surface area contributed by atoms with Crippen LogP contribution in [0.5, 0.6) is 0 Å². The normalized spacial score (nSPS) is 14.5. The van der Waals surface area contributed by atoms with E-state index in [-0.39, 0.29) is 0 Å². The highest BCUT2D eigenvalue weighted by molar-refractivity contribution is 7.98. The van der Waals surface area contributed by atoms with E-state index in [0.717, 1.165) is 23.7 Å². The maximum atomic E-state index is 5.05. The number of fused-ring (bicyclic) bond motifs is 1. The third kappa shape index (κ3) is 1.77. The summed E-state index contributed by atoms with van der Waals surface area (Å²) in [5.41, 5.74) is 3.70. The van der Waals surface area contributed by atoms with Crippen molar-refractivity contribution in [1.82, 2.24) is 15.3 Å². The van der Waals surface area contributed by atoms with Crippen molar-refractivity contribution in [2.45, 2.75) is 18.1 Å². The fourth-order valence-corrected chi connectivity index (χ4v) is 2.79. The zero-order valence-corrected chi connectivity index (χ0v) is 9.02. The molecule has 1 aromatic heterocycles. The van der Waals surface area contributed by atoms with Crippen molar-refractivity contribution in [3.8, 4) is 0 Å². The van der Waals surface area contributed by atoms with Gasteiger partial charge in [0, 0.05) is 29.3 Å². The van der Waals surface area contributed by atoms with Gasteiger partial charge in [-0.3, -0.25) is 0 Å². The monoisotopic (exact) mass is 213 g/mol. The maximum absolute atomic E-state index is 5.05. The van der Waals surface area contributed by atoms with Gasteiger partial charge in [0.25, 0.3) is 0 Å². The summed E-state index contributed by atoms with van der Waals surface area (Å²) in [5.74, 6) is 2.10. The van der Waals surface area contributed by atoms with E-state index in [4.69, 9.17) is 12.2 Å². The number of thioether (sulfide) groups is 1. The molecule has 0 bridgehead atoms. The summed E-state index contributed by atoms with van der Waals surface area (Å²) in [7, 11) is 1.93. The molecule has 1 aliphatic heterocycles. The number of H-pyrrole nitrogens is 1. The molecule has 0 unspecified atom stereocenters. The van der Waals surface area contributed by atoms with E-state index >= 15 is 0 Å². The van der Waals surface area contributed by atoms with Gasteiger partial charge >= 0.3 is 0 Å². The number of hydrogen-bond donors (Lipinski definition) is 2. The second-order valence-electron chi connectivity index (χ2n) is 2.97. The number of hydrogen-bond acceptors (Lipinski definition) is 4. The third-order valence-electron chi connectivity index (χ3n) is 2.04. The molecule has 1 aromatic rings. The largest absolute Gasteiger partial charge is 0.333 e. The molecule has 3 nitrogen and oxygen atoms in total. The van der Waals surface area contributed by atoms with Crippen molar-refractivity contribution in [3.63, 3.8) is 0 Å². The van der Waals surface area contributed by atoms with Crippen LogP contribution in [0.2, 0.25) is 0 Å². The fourth-order valence-electron chi connectivity index (χ4n) is 1.46. The lowest BCUT2D eigenvalue weighted by Gasteiger charge is -2.05. The molecule has 2 rings (SSSR count). The van der Waals surface area contributed by atoms with Gasteiger partial charge in [-0.05, 0) is 19.3 Å². The lowest BCUT2D eigenvalue weighted by atomic mass is 10.2. The molecule has 0 amide bonds. The fraction of sp³-hybridized carbons (Fsp3) is 0.500. The Morgan fingerprint density at radius 1 is 1.62 bits per heavy atom. The topological polar surface area (TPSA) is 40.7 Å². The molecule has 5 heteroatoms. The molecule has 13 heavy (non-hydrogen) atoms. The van der Waals surface area contributed by atoms with Gasteiger partial charge in [0.05, 0.1) is 5.69 Å². The lowest BCUT2D eigenvalue weighted by molar-refractivity contribution is 0.770. The summed E-state index contributed by atoms with van der Waals surface area (Å²) in [6.45, 7) is 0.807. The molecule has 0 spiro atoms. The molecule has 2 N–H and O–H groups in total. The molecule has 2 heterocycles. The van der Waals surface area contributed by atoms with Gasteiger partial charge in [0.1, 0.15) is 0 Å². The predicted octanol–water partition coefficient (Wildman–Crippen LogP) is 1.61. The van der Waals surface area contributed by atoms with E-state index in [2.05, 4.69) is 15.3 Å². The molecule has 0 saturated carbocycles. The number of nitrogens with zero attached hydrogens (tertiary/aromatic N) is 1. The van der Waals surface area contributed by atoms with Crippen molar-refractivity contribution in [2.24, 2.45) is 0 Å². The smallest absolute Gasteiger partial charge is 0.197 e. The standard InChI is InChI=1S/C8H11N3S2/c1-9-2-6-5-3-13-4-7(5)11-8(12)10-6/h9H,2-4H2,1H3,(H,10,11,12). The van der Waals surface area contributed by atoms with Gasteiger partial charge < -0.3 is 10.3 Å². The molecular weight excluding hydrogens is 202 g/mol. The Kier molecular flexibility index (Phi) is 2.66. The highest BCUT2D eigenvalue weighted by Crippen LogP contribution is 2.29. The van der Waals surface area contributed by atoms with Crippen LogP contribution >= 0.6 is 24.0 Å². The van der Waals surface area contributed by atoms with Crippen LogP contribution in [-0.2, 0) is 18.1 Å². The average Bonchev–Trinajstić information content (AvgIpc) is 2.52. The molecule has 0 aliphatic carbocycles. The van der Waals surface area contributed by atoms with E-state index < -0.39 is 0 Å². The first kappa shape index (κ1) is 9.18. The SMILES string of the molecule is CNCc1nc(=S)[nH]c2c1CSC2. The van der Waals surface area contributed by atoms with Gasteiger partial charge in [-0.1, -0.05) is 0 Å². The van der Waals surface area contributed by atoms with Gasteiger partial charge in [-0.2, -0.15) is 11.8 Å². The zero-order valence-electron chi connectivity index (χ0n) is 7.39. The first-order valence-corrected chi connectivity index (χ1v) is 5.71. The Bertz CT molecular complexity index is 372. The van der Waals surface area contributed by atoms with E-state index in [1.165, 1.54) is 11.3 Å². The quantitative estimate of drug-likeness (QED) is 0.732. The Hall–Kier alpha value is -0.390. The van der Waals surface area contributed by atoms with Crippen LogP contribution in [0.3, 0.4) is 0 Å². The Morgan fingerprint density at radius 3 is 3.23 bits per heavy atom. The van der Waals surface area contributed by atoms with Crippen LogP contribution in [0.1, 0.15) is 17.0 Å². The average molecular weight is 213 g/mol. The first-order valence-electron chi connectivity index (χ1n) is 4.14. The molecule has 70 valence electrons. The van der Waals surface area contributed by atoms with E-state index in [0.29, 0.717) is 4.77 Å². The molecule has 0 fully saturated rings. The van der Waals surface area contributed by atoms with Crippen LogP contribution < -0.4 is 5.32 Å². The maximum Gasteiger partial charge on any atom is 0.197 e. The van der Waals surface area contributed by atoms with E-state index in [1.54, 1.807) is 0 Å². The molecule has 0 atom stereocenters. The predicted molar refractivity (Wildman–Crippen MR) is 57.2 cm³/mol. The number of rotatable bonds is 2. The first-order chi connectivity index (χ1) is 6.31. The summed E-state index contributed by atoms with van der Waals surface area (Å²) in [4.78, 5) is 7.46. The molecular formula is C8H11N3S2. The number of aromatic nitrogens is 2. The van der Waals surface area contributed by atoms with Crippen molar-refractivity contribution in [3.05, 3.63) is 21.7 Å². The highest BCUT2D eigenvalue weighted by atomic mass is 32.2.